The Morgan fingerprint density at radius 3 is 2.77 bits per heavy atom. The minimum absolute atomic E-state index is 0.0770. The van der Waals surface area contributed by atoms with Crippen molar-refractivity contribution in [2.45, 2.75) is 64.1 Å². The van der Waals surface area contributed by atoms with Gasteiger partial charge in [0.05, 0.1) is 37.2 Å². The van der Waals surface area contributed by atoms with Gasteiger partial charge in [0.2, 0.25) is 17.0 Å². The Morgan fingerprint density at radius 2 is 2.02 bits per heavy atom. The van der Waals surface area contributed by atoms with E-state index in [4.69, 9.17) is 14.2 Å². The zero-order valence-electron chi connectivity index (χ0n) is 25.4. The van der Waals surface area contributed by atoms with E-state index in [0.29, 0.717) is 59.9 Å². The molecule has 2 aliphatic rings. The molecule has 1 aromatic heterocycles. The lowest BCUT2D eigenvalue weighted by atomic mass is 10.0. The first-order valence-corrected chi connectivity index (χ1v) is 15.7. The first kappa shape index (κ1) is 31.3. The first-order chi connectivity index (χ1) is 21.2. The number of piperidine rings is 1. The third kappa shape index (κ3) is 8.08. The van der Waals surface area contributed by atoms with Crippen LogP contribution in [0.5, 0.6) is 17.2 Å². The largest absolute Gasteiger partial charge is 0.491 e. The van der Waals surface area contributed by atoms with Crippen LogP contribution < -0.4 is 14.8 Å². The van der Waals surface area contributed by atoms with Gasteiger partial charge in [-0.15, -0.1) is 5.10 Å². The molecule has 2 aliphatic heterocycles. The summed E-state index contributed by atoms with van der Waals surface area (Å²) in [7, 11) is 0. The average molecular weight is 623 g/mol. The zero-order valence-corrected chi connectivity index (χ0v) is 26.2. The number of likely N-dealkylation sites (N-methyl/N-ethyl adjacent to an activating group) is 1. The van der Waals surface area contributed by atoms with Gasteiger partial charge in [0.1, 0.15) is 23.1 Å². The Kier molecular flexibility index (Phi) is 10.1. The van der Waals surface area contributed by atoms with Crippen molar-refractivity contribution in [1.29, 1.82) is 0 Å². The molecule has 5 rings (SSSR count). The standard InChI is InChI=1S/C31H38N6O6S/c1-5-36-16-28(38)33-26-15-37(29(39)18-44-31-32-20(4)34-35-31)10-9-27(26)41-17-21-7-6-8-23(11-21)43-25-13-22(30(36)40)12-24(14-25)42-19(2)3/h6-8,11-14,19,26-27H,5,9-10,15-18H2,1-4H3,(H,33,38)(H,32,34,35)/t26-,27-/m0/s1. The number of aryl methyl sites for hydroxylation is 1. The smallest absolute Gasteiger partial charge is 0.254 e. The van der Waals surface area contributed by atoms with E-state index in [-0.39, 0.29) is 48.8 Å². The number of nitrogens with one attached hydrogen (secondary N) is 2. The highest BCUT2D eigenvalue weighted by atomic mass is 32.2. The summed E-state index contributed by atoms with van der Waals surface area (Å²) in [6, 6.07) is 12.2. The quantitative estimate of drug-likeness (QED) is 0.395. The molecule has 4 bridgehead atoms. The first-order valence-electron chi connectivity index (χ1n) is 14.7. The molecule has 3 amide bonds. The van der Waals surface area contributed by atoms with E-state index in [1.165, 1.54) is 16.7 Å². The van der Waals surface area contributed by atoms with Crippen molar-refractivity contribution >= 4 is 29.5 Å². The van der Waals surface area contributed by atoms with Crippen LogP contribution in [0.4, 0.5) is 0 Å². The molecule has 3 aromatic rings. The fraction of sp³-hybridized carbons (Fsp3) is 0.452. The molecule has 12 nitrogen and oxygen atoms in total. The molecule has 0 aliphatic carbocycles. The van der Waals surface area contributed by atoms with Gasteiger partial charge in [0.25, 0.3) is 5.91 Å². The number of hydrogen-bond acceptors (Lipinski definition) is 9. The van der Waals surface area contributed by atoms with Crippen molar-refractivity contribution in [2.24, 2.45) is 0 Å². The number of nitrogens with zero attached hydrogens (tertiary/aromatic N) is 4. The van der Waals surface area contributed by atoms with Crippen LogP contribution >= 0.6 is 11.8 Å². The second kappa shape index (κ2) is 14.1. The molecule has 0 radical (unpaired) electrons. The predicted octanol–water partition coefficient (Wildman–Crippen LogP) is 3.56. The van der Waals surface area contributed by atoms with Gasteiger partial charge in [-0.25, -0.2) is 4.98 Å². The zero-order chi connectivity index (χ0) is 31.2. The highest BCUT2D eigenvalue weighted by Gasteiger charge is 2.34. The van der Waals surface area contributed by atoms with E-state index in [2.05, 4.69) is 20.5 Å². The van der Waals surface area contributed by atoms with E-state index < -0.39 is 6.04 Å². The minimum atomic E-state index is -0.466. The number of fused-ring (bicyclic) bond motifs is 5. The number of amides is 3. The normalized spacial score (nSPS) is 19.3. The lowest BCUT2D eigenvalue weighted by Crippen LogP contribution is -2.58. The molecule has 0 spiro atoms. The maximum Gasteiger partial charge on any atom is 0.254 e. The summed E-state index contributed by atoms with van der Waals surface area (Å²) in [5.41, 5.74) is 1.24. The summed E-state index contributed by atoms with van der Waals surface area (Å²) < 4.78 is 18.4. The Bertz CT molecular complexity index is 1500. The summed E-state index contributed by atoms with van der Waals surface area (Å²) in [6.07, 6.45) is 0.0917. The average Bonchev–Trinajstić information content (AvgIpc) is 3.41. The van der Waals surface area contributed by atoms with Crippen molar-refractivity contribution in [3.05, 3.63) is 59.4 Å². The molecule has 13 heteroatoms. The van der Waals surface area contributed by atoms with Gasteiger partial charge in [-0.3, -0.25) is 19.5 Å². The lowest BCUT2D eigenvalue weighted by molar-refractivity contribution is -0.135. The highest BCUT2D eigenvalue weighted by Crippen LogP contribution is 2.30. The summed E-state index contributed by atoms with van der Waals surface area (Å²) in [4.78, 5) is 47.6. The molecule has 234 valence electrons. The van der Waals surface area contributed by atoms with Crippen LogP contribution in [0.25, 0.3) is 0 Å². The fourth-order valence-corrected chi connectivity index (χ4v) is 5.91. The van der Waals surface area contributed by atoms with E-state index >= 15 is 0 Å². The lowest BCUT2D eigenvalue weighted by Gasteiger charge is -2.39. The SMILES string of the molecule is CCN1CC(=O)N[C@H]2CN(C(=O)CSc3n[nH]c(C)n3)CC[C@@H]2OCc2cccc(c2)Oc2cc(OC(C)C)cc(c2)C1=O. The van der Waals surface area contributed by atoms with E-state index in [1.807, 2.05) is 45.0 Å². The van der Waals surface area contributed by atoms with Crippen LogP contribution in [-0.4, -0.2) is 92.9 Å². The van der Waals surface area contributed by atoms with E-state index in [1.54, 1.807) is 30.0 Å². The maximum absolute atomic E-state index is 13.7. The number of likely N-dealkylation sites (tertiary alicyclic amines) is 1. The van der Waals surface area contributed by atoms with Crippen LogP contribution in [0.2, 0.25) is 0 Å². The van der Waals surface area contributed by atoms with Crippen molar-refractivity contribution < 1.29 is 28.6 Å². The molecule has 2 N–H and O–H groups in total. The Morgan fingerprint density at radius 1 is 1.18 bits per heavy atom. The Hall–Kier alpha value is -4.10. The van der Waals surface area contributed by atoms with Gasteiger partial charge in [0, 0.05) is 31.3 Å². The fourth-order valence-electron chi connectivity index (χ4n) is 5.17. The molecule has 2 aromatic carbocycles. The van der Waals surface area contributed by atoms with Crippen molar-refractivity contribution in [2.75, 3.05) is 31.9 Å². The minimum Gasteiger partial charge on any atom is -0.491 e. The summed E-state index contributed by atoms with van der Waals surface area (Å²) in [5.74, 6) is 1.66. The van der Waals surface area contributed by atoms with Crippen molar-refractivity contribution in [1.82, 2.24) is 30.3 Å². The molecule has 1 fully saturated rings. The van der Waals surface area contributed by atoms with Gasteiger partial charge < -0.3 is 29.3 Å². The molecule has 2 atom stereocenters. The number of carbonyl (C=O) groups excluding carboxylic acids is 3. The Labute approximate surface area is 260 Å². The van der Waals surface area contributed by atoms with Gasteiger partial charge in [-0.1, -0.05) is 23.9 Å². The Balaban J connectivity index is 1.38. The number of ether oxygens (including phenoxy) is 3. The van der Waals surface area contributed by atoms with Gasteiger partial charge in [-0.2, -0.15) is 0 Å². The van der Waals surface area contributed by atoms with Gasteiger partial charge >= 0.3 is 0 Å². The second-order valence-corrected chi connectivity index (χ2v) is 12.0. The van der Waals surface area contributed by atoms with Gasteiger partial charge in [-0.05, 0) is 63.9 Å². The van der Waals surface area contributed by atoms with Crippen LogP contribution in [0, 0.1) is 6.92 Å². The van der Waals surface area contributed by atoms with Crippen LogP contribution in [0.1, 0.15) is 48.9 Å². The number of benzene rings is 2. The number of hydrogen-bond donors (Lipinski definition) is 2. The molecule has 3 heterocycles. The van der Waals surface area contributed by atoms with Crippen LogP contribution in [0.15, 0.2) is 47.6 Å². The topological polar surface area (TPSA) is 139 Å². The summed E-state index contributed by atoms with van der Waals surface area (Å²) in [5, 5.41) is 10.4. The van der Waals surface area contributed by atoms with Crippen LogP contribution in [0.3, 0.4) is 0 Å². The summed E-state index contributed by atoms with van der Waals surface area (Å²) >= 11 is 1.26. The highest BCUT2D eigenvalue weighted by molar-refractivity contribution is 7.99. The molecule has 0 saturated carbocycles. The van der Waals surface area contributed by atoms with Gasteiger partial charge in [0.15, 0.2) is 0 Å². The second-order valence-electron chi connectivity index (χ2n) is 11.1. The number of rotatable bonds is 6. The number of H-pyrrole nitrogens is 1. The summed E-state index contributed by atoms with van der Waals surface area (Å²) in [6.45, 7) is 8.65. The molecule has 0 unspecified atom stereocenters. The molecular formula is C31H38N6O6S. The number of carbonyl (C=O) groups is 3. The molecule has 1 saturated heterocycles. The molecule has 44 heavy (non-hydrogen) atoms. The monoisotopic (exact) mass is 622 g/mol. The maximum atomic E-state index is 13.7. The predicted molar refractivity (Wildman–Crippen MR) is 164 cm³/mol. The van der Waals surface area contributed by atoms with Crippen molar-refractivity contribution in [3.8, 4) is 17.2 Å². The number of aromatic amines is 1. The third-order valence-corrected chi connectivity index (χ3v) is 8.08. The van der Waals surface area contributed by atoms with E-state index in [0.717, 1.165) is 5.56 Å². The third-order valence-electron chi connectivity index (χ3n) is 7.25. The van der Waals surface area contributed by atoms with Crippen LogP contribution in [-0.2, 0) is 20.9 Å². The number of aromatic nitrogens is 3. The number of thioether (sulfide) groups is 1. The van der Waals surface area contributed by atoms with E-state index in [9.17, 15) is 14.4 Å². The van der Waals surface area contributed by atoms with Crippen molar-refractivity contribution in [3.63, 3.8) is 0 Å². The molecular weight excluding hydrogens is 584 g/mol.